The minimum atomic E-state index is -1.70. The highest BCUT2D eigenvalue weighted by Crippen LogP contribution is 2.26. The van der Waals surface area contributed by atoms with Crippen molar-refractivity contribution in [2.45, 2.75) is 248 Å². The van der Waals surface area contributed by atoms with Crippen LogP contribution in [0.4, 0.5) is 0 Å². The van der Waals surface area contributed by atoms with Gasteiger partial charge < -0.3 is 64.2 Å². The smallest absolute Gasteiger partial charge is 0.306 e. The normalized spacial score (nSPS) is 27.1. The maximum absolute atomic E-state index is 13.0. The van der Waals surface area contributed by atoms with E-state index >= 15 is 0 Å². The zero-order chi connectivity index (χ0) is 45.9. The zero-order valence-corrected chi connectivity index (χ0v) is 39.1. The standard InChI is InChI=1S/C49H90O14/c1-3-5-7-9-11-13-15-17-18-19-21-23-25-27-29-31-33-58-35-38(61-41(51)32-30-28-26-24-22-20-16-14-12-10-8-6-4-2)36-59-48-47(57)45(55)43(53)40(63-48)37-60-49-46(56)44(54)42(52)39(34-50)62-49/h11,13,17-18,38-40,42-50,52-57H,3-10,12,14-16,19-37H2,1-2H3/b13-11-,18-17-. The molecule has 7 N–H and O–H groups in total. The molecule has 11 unspecified atom stereocenters. The minimum Gasteiger partial charge on any atom is -0.457 e. The number of rotatable bonds is 39. The van der Waals surface area contributed by atoms with E-state index in [2.05, 4.69) is 38.2 Å². The Balaban J connectivity index is 1.79. The summed E-state index contributed by atoms with van der Waals surface area (Å²) in [5.41, 5.74) is 0. The Bertz CT molecular complexity index is 1140. The van der Waals surface area contributed by atoms with Crippen molar-refractivity contribution in [2.24, 2.45) is 0 Å². The molecule has 0 aliphatic carbocycles. The average Bonchev–Trinajstić information content (AvgIpc) is 3.28. The summed E-state index contributed by atoms with van der Waals surface area (Å²) in [4.78, 5) is 13.0. The van der Waals surface area contributed by atoms with Crippen LogP contribution >= 0.6 is 0 Å². The van der Waals surface area contributed by atoms with Crippen LogP contribution in [-0.2, 0) is 33.2 Å². The maximum atomic E-state index is 13.0. The molecule has 2 saturated heterocycles. The highest BCUT2D eigenvalue weighted by molar-refractivity contribution is 5.69. The SMILES string of the molecule is CCCCC/C=C\C/C=C\CCCCCCCCOCC(COC1OC(COC2OC(CO)C(O)C(O)C2O)C(O)C(O)C1O)OC(=O)CCCCCCCCCCCCCCC. The van der Waals surface area contributed by atoms with Gasteiger partial charge >= 0.3 is 5.97 Å². The Morgan fingerprint density at radius 1 is 0.524 bits per heavy atom. The number of carbonyl (C=O) groups excluding carboxylic acids is 1. The predicted octanol–water partition coefficient (Wildman–Crippen LogP) is 6.85. The van der Waals surface area contributed by atoms with E-state index in [9.17, 15) is 40.5 Å². The van der Waals surface area contributed by atoms with Crippen molar-refractivity contribution in [3.8, 4) is 0 Å². The van der Waals surface area contributed by atoms with Crippen LogP contribution < -0.4 is 0 Å². The number of hydrogen-bond donors (Lipinski definition) is 7. The third kappa shape index (κ3) is 25.8. The van der Waals surface area contributed by atoms with E-state index in [1.807, 2.05) is 0 Å². The van der Waals surface area contributed by atoms with Crippen LogP contribution in [-0.4, -0.2) is 142 Å². The third-order valence-corrected chi connectivity index (χ3v) is 12.0. The fourth-order valence-electron chi connectivity index (χ4n) is 7.84. The topological polar surface area (TPSA) is 214 Å². The second-order valence-electron chi connectivity index (χ2n) is 17.6. The van der Waals surface area contributed by atoms with Gasteiger partial charge in [-0.25, -0.2) is 0 Å². The lowest BCUT2D eigenvalue weighted by Gasteiger charge is -2.42. The first-order valence-electron chi connectivity index (χ1n) is 24.9. The van der Waals surface area contributed by atoms with Crippen molar-refractivity contribution in [1.82, 2.24) is 0 Å². The van der Waals surface area contributed by atoms with Crippen LogP contribution in [0.25, 0.3) is 0 Å². The monoisotopic (exact) mass is 903 g/mol. The first-order valence-corrected chi connectivity index (χ1v) is 24.9. The van der Waals surface area contributed by atoms with Gasteiger partial charge in [0.05, 0.1) is 26.4 Å². The van der Waals surface area contributed by atoms with Crippen LogP contribution in [0, 0.1) is 0 Å². The average molecular weight is 903 g/mol. The molecule has 0 bridgehead atoms. The summed E-state index contributed by atoms with van der Waals surface area (Å²) < 4.78 is 34.2. The molecule has 0 radical (unpaired) electrons. The van der Waals surface area contributed by atoms with E-state index < -0.39 is 80.7 Å². The fraction of sp³-hybridized carbons (Fsp3) is 0.898. The summed E-state index contributed by atoms with van der Waals surface area (Å²) in [5.74, 6) is -0.379. The number of esters is 1. The van der Waals surface area contributed by atoms with E-state index in [0.29, 0.717) is 13.0 Å². The zero-order valence-electron chi connectivity index (χ0n) is 39.1. The molecule has 0 aromatic carbocycles. The van der Waals surface area contributed by atoms with E-state index in [4.69, 9.17) is 28.4 Å². The quantitative estimate of drug-likeness (QED) is 0.0191. The second kappa shape index (κ2) is 37.5. The lowest BCUT2D eigenvalue weighted by atomic mass is 9.98. The van der Waals surface area contributed by atoms with Crippen molar-refractivity contribution in [2.75, 3.05) is 33.0 Å². The van der Waals surface area contributed by atoms with Crippen LogP contribution in [0.2, 0.25) is 0 Å². The van der Waals surface area contributed by atoms with Gasteiger partial charge in [0.15, 0.2) is 12.6 Å². The number of aliphatic hydroxyl groups is 7. The number of carbonyl (C=O) groups is 1. The van der Waals surface area contributed by atoms with E-state index in [-0.39, 0.29) is 25.6 Å². The Labute approximate surface area is 379 Å². The summed E-state index contributed by atoms with van der Waals surface area (Å²) >= 11 is 0. The molecule has 2 rings (SSSR count). The first-order chi connectivity index (χ1) is 30.6. The van der Waals surface area contributed by atoms with Crippen molar-refractivity contribution < 1.29 is 69.0 Å². The lowest BCUT2D eigenvalue weighted by Crippen LogP contribution is -2.61. The highest BCUT2D eigenvalue weighted by atomic mass is 16.7. The summed E-state index contributed by atoms with van der Waals surface area (Å²) in [7, 11) is 0. The van der Waals surface area contributed by atoms with Crippen molar-refractivity contribution >= 4 is 5.97 Å². The Morgan fingerprint density at radius 2 is 0.984 bits per heavy atom. The van der Waals surface area contributed by atoms with Gasteiger partial charge in [-0.3, -0.25) is 4.79 Å². The number of aliphatic hydroxyl groups excluding tert-OH is 7. The molecule has 0 spiro atoms. The Hall–Kier alpha value is -1.53. The molecule has 0 aromatic heterocycles. The maximum Gasteiger partial charge on any atom is 0.306 e. The van der Waals surface area contributed by atoms with Gasteiger partial charge in [0.2, 0.25) is 0 Å². The molecule has 2 fully saturated rings. The molecular weight excluding hydrogens is 813 g/mol. The molecule has 2 aliphatic heterocycles. The van der Waals surface area contributed by atoms with Gasteiger partial charge in [-0.1, -0.05) is 154 Å². The molecule has 2 heterocycles. The molecule has 0 amide bonds. The summed E-state index contributed by atoms with van der Waals surface area (Å²) in [6.07, 6.45) is 22.4. The largest absolute Gasteiger partial charge is 0.457 e. The van der Waals surface area contributed by atoms with Crippen LogP contribution in [0.15, 0.2) is 24.3 Å². The van der Waals surface area contributed by atoms with Crippen LogP contribution in [0.3, 0.4) is 0 Å². The van der Waals surface area contributed by atoms with Gasteiger partial charge in [-0.2, -0.15) is 0 Å². The molecule has 14 heteroatoms. The molecule has 2 aliphatic rings. The van der Waals surface area contributed by atoms with Crippen molar-refractivity contribution in [3.63, 3.8) is 0 Å². The van der Waals surface area contributed by atoms with E-state index in [1.54, 1.807) is 0 Å². The number of ether oxygens (including phenoxy) is 6. The summed E-state index contributed by atoms with van der Waals surface area (Å²) in [6, 6.07) is 0. The molecular formula is C49H90O14. The molecule has 370 valence electrons. The highest BCUT2D eigenvalue weighted by Gasteiger charge is 2.47. The Morgan fingerprint density at radius 3 is 1.56 bits per heavy atom. The van der Waals surface area contributed by atoms with Gasteiger partial charge in [0.1, 0.15) is 54.9 Å². The molecule has 63 heavy (non-hydrogen) atoms. The van der Waals surface area contributed by atoms with Gasteiger partial charge in [-0.15, -0.1) is 0 Å². The molecule has 14 nitrogen and oxygen atoms in total. The minimum absolute atomic E-state index is 0.0578. The van der Waals surface area contributed by atoms with Crippen LogP contribution in [0.5, 0.6) is 0 Å². The summed E-state index contributed by atoms with van der Waals surface area (Å²) in [6.45, 7) is 3.64. The fourth-order valence-corrected chi connectivity index (χ4v) is 7.84. The molecule has 0 aromatic rings. The number of hydrogen-bond acceptors (Lipinski definition) is 14. The lowest BCUT2D eigenvalue weighted by molar-refractivity contribution is -0.332. The van der Waals surface area contributed by atoms with Crippen LogP contribution in [0.1, 0.15) is 181 Å². The second-order valence-corrected chi connectivity index (χ2v) is 17.6. The van der Waals surface area contributed by atoms with Gasteiger partial charge in [-0.05, 0) is 44.9 Å². The Kier molecular flexibility index (Phi) is 34.3. The van der Waals surface area contributed by atoms with Gasteiger partial charge in [0, 0.05) is 13.0 Å². The number of allylic oxidation sites excluding steroid dienone is 4. The first kappa shape index (κ1) is 57.6. The predicted molar refractivity (Wildman–Crippen MR) is 243 cm³/mol. The summed E-state index contributed by atoms with van der Waals surface area (Å²) in [5, 5.41) is 72.0. The number of unbranched alkanes of at least 4 members (excludes halogenated alkanes) is 21. The van der Waals surface area contributed by atoms with E-state index in [0.717, 1.165) is 57.8 Å². The third-order valence-electron chi connectivity index (χ3n) is 12.0. The molecule has 11 atom stereocenters. The van der Waals surface area contributed by atoms with Gasteiger partial charge in [0.25, 0.3) is 0 Å². The molecule has 0 saturated carbocycles. The van der Waals surface area contributed by atoms with Crippen molar-refractivity contribution in [1.29, 1.82) is 0 Å². The van der Waals surface area contributed by atoms with E-state index in [1.165, 1.54) is 96.3 Å². The van der Waals surface area contributed by atoms with Crippen molar-refractivity contribution in [3.05, 3.63) is 24.3 Å².